The van der Waals surface area contributed by atoms with Crippen LogP contribution >= 0.6 is 0 Å². The molecule has 0 unspecified atom stereocenters. The minimum atomic E-state index is 0.219. The highest BCUT2D eigenvalue weighted by Gasteiger charge is 2.14. The highest BCUT2D eigenvalue weighted by atomic mass is 16.1. The van der Waals surface area contributed by atoms with Crippen LogP contribution < -0.4 is 10.6 Å². The molecular weight excluding hydrogens is 224 g/mol. The van der Waals surface area contributed by atoms with Crippen molar-refractivity contribution in [3.8, 4) is 0 Å². The Kier molecular flexibility index (Phi) is 8.92. The van der Waals surface area contributed by atoms with Gasteiger partial charge in [0.05, 0.1) is 6.54 Å². The van der Waals surface area contributed by atoms with Gasteiger partial charge >= 0.3 is 0 Å². The molecule has 0 aromatic rings. The van der Waals surface area contributed by atoms with E-state index in [2.05, 4.69) is 17.6 Å². The van der Waals surface area contributed by atoms with Crippen LogP contribution in [-0.2, 0) is 4.79 Å². The highest BCUT2D eigenvalue weighted by molar-refractivity contribution is 5.76. The minimum absolute atomic E-state index is 0.219. The quantitative estimate of drug-likeness (QED) is 0.607. The van der Waals surface area contributed by atoms with Gasteiger partial charge in [-0.2, -0.15) is 0 Å². The highest BCUT2D eigenvalue weighted by Crippen LogP contribution is 2.22. The summed E-state index contributed by atoms with van der Waals surface area (Å²) in [6, 6.07) is 0. The van der Waals surface area contributed by atoms with Crippen LogP contribution in [0.1, 0.15) is 64.7 Å². The summed E-state index contributed by atoms with van der Waals surface area (Å²) in [6.07, 6.45) is 11.8. The molecule has 0 spiro atoms. The number of nitrogens with one attached hydrogen (secondary N) is 1. The van der Waals surface area contributed by atoms with Crippen LogP contribution in [0.5, 0.6) is 0 Å². The van der Waals surface area contributed by atoms with Crippen LogP contribution in [0.2, 0.25) is 0 Å². The van der Waals surface area contributed by atoms with Crippen molar-refractivity contribution in [2.24, 2.45) is 5.92 Å². The van der Waals surface area contributed by atoms with Crippen LogP contribution in [0, 0.1) is 5.92 Å². The zero-order valence-electron chi connectivity index (χ0n) is 12.0. The van der Waals surface area contributed by atoms with Crippen LogP contribution in [0.25, 0.3) is 0 Å². The second kappa shape index (κ2) is 10.4. The number of amides is 1. The predicted molar refractivity (Wildman–Crippen MR) is 75.4 cm³/mol. The van der Waals surface area contributed by atoms with Crippen molar-refractivity contribution < 1.29 is 10.1 Å². The van der Waals surface area contributed by atoms with Gasteiger partial charge in [0, 0.05) is 6.54 Å². The topological polar surface area (TPSA) is 45.7 Å². The molecule has 0 heterocycles. The number of carbonyl (C=O) groups excluding carboxylic acids is 1. The standard InChI is InChI=1S/C15H30N2O/c1-2-3-4-8-11-16-13-15(18)17-12-14-9-6-5-7-10-14/h14,16H,2-13H2,1H3,(H,17,18)/p+1. The maximum Gasteiger partial charge on any atom is 0.275 e. The molecule has 3 heteroatoms. The summed E-state index contributed by atoms with van der Waals surface area (Å²) >= 11 is 0. The van der Waals surface area contributed by atoms with Gasteiger partial charge in [-0.1, -0.05) is 39.0 Å². The summed E-state index contributed by atoms with van der Waals surface area (Å²) in [4.78, 5) is 11.6. The maximum atomic E-state index is 11.6. The average molecular weight is 255 g/mol. The van der Waals surface area contributed by atoms with Crippen molar-refractivity contribution in [2.75, 3.05) is 19.6 Å². The molecule has 0 radical (unpaired) electrons. The number of unbranched alkanes of at least 4 members (excludes halogenated alkanes) is 3. The molecule has 3 N–H and O–H groups in total. The van der Waals surface area contributed by atoms with Gasteiger partial charge in [-0.25, -0.2) is 0 Å². The third-order valence-corrected chi connectivity index (χ3v) is 3.90. The van der Waals surface area contributed by atoms with E-state index in [-0.39, 0.29) is 5.91 Å². The molecule has 1 fully saturated rings. The second-order valence-electron chi connectivity index (χ2n) is 5.65. The van der Waals surface area contributed by atoms with E-state index < -0.39 is 0 Å². The molecule has 3 nitrogen and oxygen atoms in total. The second-order valence-corrected chi connectivity index (χ2v) is 5.65. The van der Waals surface area contributed by atoms with Crippen molar-refractivity contribution in [3.63, 3.8) is 0 Å². The summed E-state index contributed by atoms with van der Waals surface area (Å²) in [6.45, 7) is 4.83. The molecule has 0 saturated heterocycles. The molecule has 1 aliphatic carbocycles. The number of quaternary nitrogens is 1. The summed E-state index contributed by atoms with van der Waals surface area (Å²) in [5, 5.41) is 5.23. The van der Waals surface area contributed by atoms with E-state index >= 15 is 0 Å². The first-order valence-electron chi connectivity index (χ1n) is 7.91. The lowest BCUT2D eigenvalue weighted by Crippen LogP contribution is -2.86. The molecule has 0 aromatic carbocycles. The van der Waals surface area contributed by atoms with Crippen molar-refractivity contribution in [2.45, 2.75) is 64.7 Å². The van der Waals surface area contributed by atoms with Crippen LogP contribution in [0.3, 0.4) is 0 Å². The number of hydrogen-bond donors (Lipinski definition) is 2. The normalized spacial score (nSPS) is 16.7. The Hall–Kier alpha value is -0.570. The van der Waals surface area contributed by atoms with E-state index in [0.29, 0.717) is 6.54 Å². The predicted octanol–water partition coefficient (Wildman–Crippen LogP) is 1.83. The van der Waals surface area contributed by atoms with E-state index in [4.69, 9.17) is 0 Å². The zero-order chi connectivity index (χ0) is 13.1. The van der Waals surface area contributed by atoms with Crippen molar-refractivity contribution in [1.82, 2.24) is 5.32 Å². The van der Waals surface area contributed by atoms with E-state index in [1.165, 1.54) is 57.8 Å². The molecule has 0 aliphatic heterocycles. The molecule has 0 atom stereocenters. The molecule has 18 heavy (non-hydrogen) atoms. The van der Waals surface area contributed by atoms with Crippen molar-refractivity contribution in [3.05, 3.63) is 0 Å². The SMILES string of the molecule is CCCCCC[NH2+]CC(=O)NCC1CCCCC1. The summed E-state index contributed by atoms with van der Waals surface area (Å²) in [5.74, 6) is 0.961. The molecule has 1 rings (SSSR count). The average Bonchev–Trinajstić information content (AvgIpc) is 2.41. The molecule has 0 bridgehead atoms. The van der Waals surface area contributed by atoms with Gasteiger partial charge in [0.2, 0.25) is 0 Å². The number of carbonyl (C=O) groups is 1. The smallest absolute Gasteiger partial charge is 0.275 e. The number of nitrogens with two attached hydrogens (primary N) is 1. The largest absolute Gasteiger partial charge is 0.351 e. The van der Waals surface area contributed by atoms with Crippen molar-refractivity contribution >= 4 is 5.91 Å². The van der Waals surface area contributed by atoms with Gasteiger partial charge < -0.3 is 10.6 Å². The molecule has 1 aliphatic rings. The molecule has 0 aromatic heterocycles. The first kappa shape index (κ1) is 15.5. The lowest BCUT2D eigenvalue weighted by Gasteiger charge is -2.21. The lowest BCUT2D eigenvalue weighted by molar-refractivity contribution is -0.644. The van der Waals surface area contributed by atoms with Crippen molar-refractivity contribution in [1.29, 1.82) is 0 Å². The van der Waals surface area contributed by atoms with Crippen LogP contribution in [0.15, 0.2) is 0 Å². The summed E-state index contributed by atoms with van der Waals surface area (Å²) < 4.78 is 0. The molecule has 106 valence electrons. The van der Waals surface area contributed by atoms with Gasteiger partial charge in [0.1, 0.15) is 0 Å². The first-order valence-corrected chi connectivity index (χ1v) is 7.91. The van der Waals surface area contributed by atoms with Gasteiger partial charge in [0.25, 0.3) is 5.91 Å². The fourth-order valence-corrected chi connectivity index (χ4v) is 2.67. The monoisotopic (exact) mass is 255 g/mol. The summed E-state index contributed by atoms with van der Waals surface area (Å²) in [7, 11) is 0. The van der Waals surface area contributed by atoms with Crippen LogP contribution in [-0.4, -0.2) is 25.5 Å². The first-order chi connectivity index (χ1) is 8.83. The fraction of sp³-hybridized carbons (Fsp3) is 0.933. The van der Waals surface area contributed by atoms with Gasteiger partial charge in [0.15, 0.2) is 6.54 Å². The fourth-order valence-electron chi connectivity index (χ4n) is 2.67. The van der Waals surface area contributed by atoms with E-state index in [9.17, 15) is 4.79 Å². The van der Waals surface area contributed by atoms with E-state index in [1.54, 1.807) is 0 Å². The third-order valence-electron chi connectivity index (χ3n) is 3.90. The molecular formula is C15H31N2O+. The molecule has 1 saturated carbocycles. The van der Waals surface area contributed by atoms with Gasteiger partial charge in [-0.3, -0.25) is 4.79 Å². The van der Waals surface area contributed by atoms with E-state index in [0.717, 1.165) is 19.0 Å². The lowest BCUT2D eigenvalue weighted by atomic mass is 9.89. The van der Waals surface area contributed by atoms with E-state index in [1.807, 2.05) is 0 Å². The Morgan fingerprint density at radius 2 is 1.94 bits per heavy atom. The van der Waals surface area contributed by atoms with Gasteiger partial charge in [-0.15, -0.1) is 0 Å². The number of rotatable bonds is 9. The Bertz CT molecular complexity index is 213. The Labute approximate surface area is 112 Å². The Balaban J connectivity index is 1.90. The summed E-state index contributed by atoms with van der Waals surface area (Å²) in [5.41, 5.74) is 0. The van der Waals surface area contributed by atoms with Crippen LogP contribution in [0.4, 0.5) is 0 Å². The third kappa shape index (κ3) is 7.70. The minimum Gasteiger partial charge on any atom is -0.351 e. The number of hydrogen-bond acceptors (Lipinski definition) is 1. The Morgan fingerprint density at radius 3 is 2.67 bits per heavy atom. The Morgan fingerprint density at radius 1 is 1.17 bits per heavy atom. The maximum absolute atomic E-state index is 11.6. The molecule has 1 amide bonds. The zero-order valence-corrected chi connectivity index (χ0v) is 12.0. The van der Waals surface area contributed by atoms with Gasteiger partial charge in [-0.05, 0) is 31.6 Å².